The highest BCUT2D eigenvalue weighted by Crippen LogP contribution is 2.24. The van der Waals surface area contributed by atoms with E-state index in [2.05, 4.69) is 70.2 Å². The first-order chi connectivity index (χ1) is 8.99. The number of hydrogen-bond donors (Lipinski definition) is 2. The molecule has 1 aromatic rings. The monoisotopic (exact) mass is 323 g/mol. The zero-order valence-electron chi connectivity index (χ0n) is 11.8. The van der Waals surface area contributed by atoms with Crippen LogP contribution in [-0.4, -0.2) is 26.1 Å². The van der Waals surface area contributed by atoms with Crippen molar-refractivity contribution >= 4 is 21.9 Å². The summed E-state index contributed by atoms with van der Waals surface area (Å²) in [6, 6.07) is 8.40. The average Bonchev–Trinajstić information content (AvgIpc) is 2.39. The van der Waals surface area contributed by atoms with E-state index in [0.717, 1.165) is 17.0 Å². The molecule has 0 aliphatic heterocycles. The summed E-state index contributed by atoms with van der Waals surface area (Å²) in [5.74, 6) is 0.794. The summed E-state index contributed by atoms with van der Waals surface area (Å²) in [5, 5.41) is 6.50. The standard InChI is InChI=1S/C15H22BrN3/c1-5-9-18-14(17-4)19-11-15(2,3)12-7-6-8-13(16)10-12/h5-8,10H,1,9,11H2,2-4H3,(H2,17,18,19). The highest BCUT2D eigenvalue weighted by Gasteiger charge is 2.20. The molecule has 4 heteroatoms. The molecule has 0 saturated heterocycles. The predicted octanol–water partition coefficient (Wildman–Crippen LogP) is 3.08. The summed E-state index contributed by atoms with van der Waals surface area (Å²) in [6.45, 7) is 9.62. The van der Waals surface area contributed by atoms with Gasteiger partial charge < -0.3 is 10.6 Å². The van der Waals surface area contributed by atoms with Crippen LogP contribution in [0.2, 0.25) is 0 Å². The van der Waals surface area contributed by atoms with Gasteiger partial charge in [-0.2, -0.15) is 0 Å². The van der Waals surface area contributed by atoms with E-state index >= 15 is 0 Å². The zero-order valence-corrected chi connectivity index (χ0v) is 13.4. The minimum atomic E-state index is 0.0234. The van der Waals surface area contributed by atoms with Gasteiger partial charge in [0.25, 0.3) is 0 Å². The maximum absolute atomic E-state index is 4.18. The maximum atomic E-state index is 4.18. The van der Waals surface area contributed by atoms with Crippen LogP contribution >= 0.6 is 15.9 Å². The fraction of sp³-hybridized carbons (Fsp3) is 0.400. The molecule has 104 valence electrons. The summed E-state index contributed by atoms with van der Waals surface area (Å²) >= 11 is 3.51. The SMILES string of the molecule is C=CCNC(=NC)NCC(C)(C)c1cccc(Br)c1. The Morgan fingerprint density at radius 3 is 2.74 bits per heavy atom. The highest BCUT2D eigenvalue weighted by atomic mass is 79.9. The molecule has 1 aromatic carbocycles. The van der Waals surface area contributed by atoms with Gasteiger partial charge in [-0.1, -0.05) is 48.0 Å². The van der Waals surface area contributed by atoms with Gasteiger partial charge in [0.1, 0.15) is 0 Å². The van der Waals surface area contributed by atoms with E-state index in [1.165, 1.54) is 5.56 Å². The van der Waals surface area contributed by atoms with E-state index in [-0.39, 0.29) is 5.41 Å². The van der Waals surface area contributed by atoms with E-state index in [1.807, 2.05) is 12.1 Å². The molecule has 0 aromatic heterocycles. The second-order valence-corrected chi connectivity index (χ2v) is 5.91. The Morgan fingerprint density at radius 1 is 1.42 bits per heavy atom. The molecule has 0 aliphatic rings. The molecular formula is C15H22BrN3. The van der Waals surface area contributed by atoms with Gasteiger partial charge >= 0.3 is 0 Å². The first-order valence-electron chi connectivity index (χ1n) is 6.31. The van der Waals surface area contributed by atoms with Crippen LogP contribution in [0.5, 0.6) is 0 Å². The molecule has 1 rings (SSSR count). The lowest BCUT2D eigenvalue weighted by Gasteiger charge is -2.27. The van der Waals surface area contributed by atoms with Crippen molar-refractivity contribution in [1.82, 2.24) is 10.6 Å². The average molecular weight is 324 g/mol. The molecule has 0 amide bonds. The molecule has 0 spiro atoms. The van der Waals surface area contributed by atoms with Gasteiger partial charge in [-0.05, 0) is 17.7 Å². The van der Waals surface area contributed by atoms with Crippen LogP contribution in [-0.2, 0) is 5.41 Å². The Morgan fingerprint density at radius 2 is 2.16 bits per heavy atom. The van der Waals surface area contributed by atoms with E-state index < -0.39 is 0 Å². The molecular weight excluding hydrogens is 302 g/mol. The Bertz CT molecular complexity index is 452. The Hall–Kier alpha value is -1.29. The third kappa shape index (κ3) is 5.07. The molecule has 0 unspecified atom stereocenters. The van der Waals surface area contributed by atoms with Crippen LogP contribution in [0, 0.1) is 0 Å². The van der Waals surface area contributed by atoms with Crippen molar-refractivity contribution in [3.63, 3.8) is 0 Å². The Balaban J connectivity index is 2.66. The van der Waals surface area contributed by atoms with Crippen molar-refractivity contribution < 1.29 is 0 Å². The van der Waals surface area contributed by atoms with Crippen molar-refractivity contribution in [3.8, 4) is 0 Å². The van der Waals surface area contributed by atoms with Crippen LogP contribution < -0.4 is 10.6 Å². The van der Waals surface area contributed by atoms with Gasteiger partial charge in [-0.3, -0.25) is 4.99 Å². The van der Waals surface area contributed by atoms with Gasteiger partial charge in [0.15, 0.2) is 5.96 Å². The summed E-state index contributed by atoms with van der Waals surface area (Å²) in [6.07, 6.45) is 1.81. The molecule has 19 heavy (non-hydrogen) atoms. The molecule has 0 saturated carbocycles. The second-order valence-electron chi connectivity index (χ2n) is 4.99. The van der Waals surface area contributed by atoms with Crippen molar-refractivity contribution in [2.45, 2.75) is 19.3 Å². The zero-order chi connectivity index (χ0) is 14.3. The van der Waals surface area contributed by atoms with Crippen LogP contribution in [0.25, 0.3) is 0 Å². The van der Waals surface area contributed by atoms with Gasteiger partial charge in [0.05, 0.1) is 0 Å². The molecule has 0 bridgehead atoms. The summed E-state index contributed by atoms with van der Waals surface area (Å²) in [5.41, 5.74) is 1.31. The van der Waals surface area contributed by atoms with E-state index in [0.29, 0.717) is 6.54 Å². The summed E-state index contributed by atoms with van der Waals surface area (Å²) < 4.78 is 1.10. The van der Waals surface area contributed by atoms with Crippen LogP contribution in [0.15, 0.2) is 46.4 Å². The number of halogens is 1. The van der Waals surface area contributed by atoms with Gasteiger partial charge in [-0.15, -0.1) is 6.58 Å². The van der Waals surface area contributed by atoms with Crippen molar-refractivity contribution in [2.75, 3.05) is 20.1 Å². The Kier molecular flexibility index (Phi) is 6.09. The lowest BCUT2D eigenvalue weighted by atomic mass is 9.85. The third-order valence-electron chi connectivity index (χ3n) is 2.94. The van der Waals surface area contributed by atoms with Crippen molar-refractivity contribution in [2.24, 2.45) is 4.99 Å². The smallest absolute Gasteiger partial charge is 0.191 e. The number of guanidine groups is 1. The first-order valence-corrected chi connectivity index (χ1v) is 7.10. The number of aliphatic imine (C=N–C) groups is 1. The quantitative estimate of drug-likeness (QED) is 0.496. The van der Waals surface area contributed by atoms with E-state index in [9.17, 15) is 0 Å². The normalized spacial score (nSPS) is 12.1. The minimum absolute atomic E-state index is 0.0234. The number of nitrogens with zero attached hydrogens (tertiary/aromatic N) is 1. The number of benzene rings is 1. The van der Waals surface area contributed by atoms with Gasteiger partial charge in [0, 0.05) is 30.0 Å². The number of nitrogens with one attached hydrogen (secondary N) is 2. The van der Waals surface area contributed by atoms with Crippen LogP contribution in [0.4, 0.5) is 0 Å². The maximum Gasteiger partial charge on any atom is 0.191 e. The van der Waals surface area contributed by atoms with Gasteiger partial charge in [0.2, 0.25) is 0 Å². The molecule has 3 nitrogen and oxygen atoms in total. The highest BCUT2D eigenvalue weighted by molar-refractivity contribution is 9.10. The van der Waals surface area contributed by atoms with Crippen molar-refractivity contribution in [1.29, 1.82) is 0 Å². The summed E-state index contributed by atoms with van der Waals surface area (Å²) in [7, 11) is 1.77. The predicted molar refractivity (Wildman–Crippen MR) is 86.7 cm³/mol. The van der Waals surface area contributed by atoms with Crippen molar-refractivity contribution in [3.05, 3.63) is 47.0 Å². The number of hydrogen-bond acceptors (Lipinski definition) is 1. The number of rotatable bonds is 5. The summed E-state index contributed by atoms with van der Waals surface area (Å²) in [4.78, 5) is 4.18. The molecule has 0 aliphatic carbocycles. The van der Waals surface area contributed by atoms with E-state index in [4.69, 9.17) is 0 Å². The molecule has 0 heterocycles. The fourth-order valence-electron chi connectivity index (χ4n) is 1.71. The third-order valence-corrected chi connectivity index (χ3v) is 3.43. The lowest BCUT2D eigenvalue weighted by molar-refractivity contribution is 0.509. The second kappa shape index (κ2) is 7.34. The topological polar surface area (TPSA) is 36.4 Å². The minimum Gasteiger partial charge on any atom is -0.356 e. The largest absolute Gasteiger partial charge is 0.356 e. The molecule has 2 N–H and O–H groups in total. The molecule has 0 radical (unpaired) electrons. The first kappa shape index (κ1) is 15.8. The molecule has 0 fully saturated rings. The van der Waals surface area contributed by atoms with E-state index in [1.54, 1.807) is 7.05 Å². The van der Waals surface area contributed by atoms with Crippen LogP contribution in [0.1, 0.15) is 19.4 Å². The Labute approximate surface area is 124 Å². The lowest BCUT2D eigenvalue weighted by Crippen LogP contribution is -2.43. The molecule has 0 atom stereocenters. The fourth-order valence-corrected chi connectivity index (χ4v) is 2.10. The van der Waals surface area contributed by atoms with Crippen LogP contribution in [0.3, 0.4) is 0 Å². The van der Waals surface area contributed by atoms with Gasteiger partial charge in [-0.25, -0.2) is 0 Å².